The molecule has 0 bridgehead atoms. The number of hydrogen-bond donors (Lipinski definition) is 0. The third-order valence-electron chi connectivity index (χ3n) is 3.47. The van der Waals surface area contributed by atoms with Gasteiger partial charge in [0.15, 0.2) is 0 Å². The monoisotopic (exact) mass is 273 g/mol. The summed E-state index contributed by atoms with van der Waals surface area (Å²) >= 11 is 0. The first kappa shape index (κ1) is 14.7. The summed E-state index contributed by atoms with van der Waals surface area (Å²) in [5.74, 6) is 0.618. The van der Waals surface area contributed by atoms with Crippen LogP contribution in [-0.4, -0.2) is 31.5 Å². The van der Waals surface area contributed by atoms with Gasteiger partial charge in [-0.25, -0.2) is 15.0 Å². The van der Waals surface area contributed by atoms with Crippen LogP contribution in [-0.2, 0) is 13.1 Å². The smallest absolute Gasteiger partial charge is 0.115 e. The fraction of sp³-hybridized carbons (Fsp3) is 0.533. The summed E-state index contributed by atoms with van der Waals surface area (Å²) < 4.78 is 2.23. The van der Waals surface area contributed by atoms with Crippen LogP contribution in [0.3, 0.4) is 0 Å². The molecule has 0 N–H and O–H groups in total. The van der Waals surface area contributed by atoms with E-state index in [2.05, 4.69) is 52.2 Å². The summed E-state index contributed by atoms with van der Waals surface area (Å²) in [6.07, 6.45) is 7.25. The third kappa shape index (κ3) is 3.63. The van der Waals surface area contributed by atoms with Crippen molar-refractivity contribution < 1.29 is 0 Å². The first-order valence-corrected chi connectivity index (χ1v) is 7.03. The minimum Gasteiger partial charge on any atom is -0.333 e. The van der Waals surface area contributed by atoms with Crippen LogP contribution in [0.15, 0.2) is 31.1 Å². The van der Waals surface area contributed by atoms with E-state index in [0.717, 1.165) is 18.8 Å². The van der Waals surface area contributed by atoms with E-state index < -0.39 is 0 Å². The van der Waals surface area contributed by atoms with E-state index in [0.29, 0.717) is 5.92 Å². The van der Waals surface area contributed by atoms with E-state index in [1.54, 1.807) is 12.5 Å². The molecule has 0 aliphatic heterocycles. The molecular weight excluding hydrogens is 250 g/mol. The average molecular weight is 273 g/mol. The fourth-order valence-corrected chi connectivity index (χ4v) is 2.20. The van der Waals surface area contributed by atoms with Crippen LogP contribution in [0, 0.1) is 5.92 Å². The first-order valence-electron chi connectivity index (χ1n) is 7.03. The predicted octanol–water partition coefficient (Wildman–Crippen LogP) is 2.52. The Kier molecular flexibility index (Phi) is 4.84. The zero-order valence-electron chi connectivity index (χ0n) is 12.7. The molecule has 0 unspecified atom stereocenters. The van der Waals surface area contributed by atoms with Gasteiger partial charge in [0.25, 0.3) is 0 Å². The molecule has 0 fully saturated rings. The van der Waals surface area contributed by atoms with Crippen molar-refractivity contribution in [2.24, 2.45) is 5.92 Å². The number of imidazole rings is 1. The van der Waals surface area contributed by atoms with E-state index in [1.807, 2.05) is 18.6 Å². The molecule has 0 amide bonds. The van der Waals surface area contributed by atoms with Gasteiger partial charge >= 0.3 is 0 Å². The van der Waals surface area contributed by atoms with Gasteiger partial charge in [0, 0.05) is 31.5 Å². The molecule has 20 heavy (non-hydrogen) atoms. The molecule has 2 aromatic rings. The molecular formula is C15H23N5. The topological polar surface area (TPSA) is 46.8 Å². The minimum absolute atomic E-state index is 0.250. The second kappa shape index (κ2) is 6.61. The lowest BCUT2D eigenvalue weighted by Crippen LogP contribution is -2.24. The fourth-order valence-electron chi connectivity index (χ4n) is 2.20. The van der Waals surface area contributed by atoms with Crippen molar-refractivity contribution >= 4 is 0 Å². The van der Waals surface area contributed by atoms with Crippen LogP contribution in [0.1, 0.15) is 38.2 Å². The van der Waals surface area contributed by atoms with Gasteiger partial charge in [-0.1, -0.05) is 13.8 Å². The molecule has 0 radical (unpaired) electrons. The van der Waals surface area contributed by atoms with Crippen LogP contribution in [0.4, 0.5) is 0 Å². The lowest BCUT2D eigenvalue weighted by Gasteiger charge is -2.24. The Morgan fingerprint density at radius 3 is 2.70 bits per heavy atom. The highest BCUT2D eigenvalue weighted by atomic mass is 15.2. The third-order valence-corrected chi connectivity index (χ3v) is 3.47. The van der Waals surface area contributed by atoms with Gasteiger partial charge < -0.3 is 4.57 Å². The molecule has 2 rings (SSSR count). The number of hydrogen-bond acceptors (Lipinski definition) is 4. The zero-order valence-corrected chi connectivity index (χ0v) is 12.7. The van der Waals surface area contributed by atoms with Crippen LogP contribution >= 0.6 is 0 Å². The Bertz CT molecular complexity index is 520. The highest BCUT2D eigenvalue weighted by Gasteiger charge is 2.15. The molecule has 0 aliphatic rings. The molecule has 0 saturated heterocycles. The van der Waals surface area contributed by atoms with Crippen molar-refractivity contribution in [3.05, 3.63) is 42.5 Å². The molecule has 0 spiro atoms. The maximum Gasteiger partial charge on any atom is 0.115 e. The molecule has 1 atom stereocenters. The van der Waals surface area contributed by atoms with E-state index in [-0.39, 0.29) is 6.04 Å². The van der Waals surface area contributed by atoms with Crippen LogP contribution in [0.5, 0.6) is 0 Å². The number of aromatic nitrogens is 4. The zero-order chi connectivity index (χ0) is 14.5. The minimum atomic E-state index is 0.250. The molecule has 2 heterocycles. The maximum atomic E-state index is 4.32. The molecule has 0 aromatic carbocycles. The number of rotatable bonds is 6. The lowest BCUT2D eigenvalue weighted by atomic mass is 10.2. The summed E-state index contributed by atoms with van der Waals surface area (Å²) in [7, 11) is 2.11. The summed E-state index contributed by atoms with van der Waals surface area (Å²) in [5.41, 5.74) is 2.28. The van der Waals surface area contributed by atoms with E-state index >= 15 is 0 Å². The predicted molar refractivity (Wildman–Crippen MR) is 79.0 cm³/mol. The van der Waals surface area contributed by atoms with Crippen molar-refractivity contribution in [3.63, 3.8) is 0 Å². The van der Waals surface area contributed by atoms with E-state index in [4.69, 9.17) is 0 Å². The van der Waals surface area contributed by atoms with Crippen molar-refractivity contribution in [2.75, 3.05) is 7.05 Å². The van der Waals surface area contributed by atoms with Gasteiger partial charge in [0.1, 0.15) is 6.33 Å². The van der Waals surface area contributed by atoms with Crippen LogP contribution < -0.4 is 0 Å². The largest absolute Gasteiger partial charge is 0.333 e. The molecule has 0 aliphatic carbocycles. The molecule has 108 valence electrons. The molecule has 5 nitrogen and oxygen atoms in total. The second-order valence-corrected chi connectivity index (χ2v) is 5.66. The molecule has 2 aromatic heterocycles. The molecule has 0 saturated carbocycles. The summed E-state index contributed by atoms with van der Waals surface area (Å²) in [4.78, 5) is 14.8. The Morgan fingerprint density at radius 2 is 2.05 bits per heavy atom. The van der Waals surface area contributed by atoms with E-state index in [1.165, 1.54) is 5.69 Å². The summed E-state index contributed by atoms with van der Waals surface area (Å²) in [6, 6.07) is 2.22. The van der Waals surface area contributed by atoms with Crippen LogP contribution in [0.2, 0.25) is 0 Å². The van der Waals surface area contributed by atoms with Gasteiger partial charge in [-0.2, -0.15) is 0 Å². The Morgan fingerprint density at radius 1 is 1.25 bits per heavy atom. The van der Waals surface area contributed by atoms with Gasteiger partial charge in [0.2, 0.25) is 0 Å². The number of nitrogens with zero attached hydrogens (tertiary/aromatic N) is 5. The van der Waals surface area contributed by atoms with Crippen molar-refractivity contribution in [2.45, 2.75) is 39.9 Å². The SMILES string of the molecule is CC(C)Cn1cncc1CN(C)[C@H](C)c1ccncn1. The summed E-state index contributed by atoms with van der Waals surface area (Å²) in [6.45, 7) is 8.46. The standard InChI is InChI=1S/C15H23N5/c1-12(2)8-20-11-17-7-14(20)9-19(4)13(3)15-5-6-16-10-18-15/h5-7,10-13H,8-9H2,1-4H3/t13-/m1/s1. The maximum absolute atomic E-state index is 4.32. The van der Waals surface area contributed by atoms with Gasteiger partial charge in [0.05, 0.1) is 17.7 Å². The summed E-state index contributed by atoms with van der Waals surface area (Å²) in [5, 5.41) is 0. The van der Waals surface area contributed by atoms with Crippen molar-refractivity contribution in [3.8, 4) is 0 Å². The van der Waals surface area contributed by atoms with Gasteiger partial charge in [-0.15, -0.1) is 0 Å². The Hall–Kier alpha value is -1.75. The van der Waals surface area contributed by atoms with Gasteiger partial charge in [-0.3, -0.25) is 4.90 Å². The Labute approximate surface area is 120 Å². The Balaban J connectivity index is 2.04. The highest BCUT2D eigenvalue weighted by molar-refractivity contribution is 5.05. The average Bonchev–Trinajstić information content (AvgIpc) is 2.85. The quantitative estimate of drug-likeness (QED) is 0.811. The van der Waals surface area contributed by atoms with Crippen molar-refractivity contribution in [1.82, 2.24) is 24.4 Å². The normalized spacial score (nSPS) is 13.1. The first-order chi connectivity index (χ1) is 9.58. The van der Waals surface area contributed by atoms with Crippen molar-refractivity contribution in [1.29, 1.82) is 0 Å². The van der Waals surface area contributed by atoms with Crippen LogP contribution in [0.25, 0.3) is 0 Å². The van der Waals surface area contributed by atoms with Gasteiger partial charge in [-0.05, 0) is 26.0 Å². The second-order valence-electron chi connectivity index (χ2n) is 5.66. The lowest BCUT2D eigenvalue weighted by molar-refractivity contribution is 0.241. The molecule has 5 heteroatoms. The highest BCUT2D eigenvalue weighted by Crippen LogP contribution is 2.18. The van der Waals surface area contributed by atoms with E-state index in [9.17, 15) is 0 Å².